The first kappa shape index (κ1) is 9.30. The summed E-state index contributed by atoms with van der Waals surface area (Å²) in [4.78, 5) is 10.6. The number of hydrogen-bond acceptors (Lipinski definition) is 1. The van der Waals surface area contributed by atoms with Gasteiger partial charge in [-0.2, -0.15) is 0 Å². The summed E-state index contributed by atoms with van der Waals surface area (Å²) >= 11 is 0. The SMILES string of the molecule is CCCC1=CCC(C(=O)O)CC1. The van der Waals surface area contributed by atoms with E-state index >= 15 is 0 Å². The van der Waals surface area contributed by atoms with Crippen LogP contribution in [-0.4, -0.2) is 11.1 Å². The van der Waals surface area contributed by atoms with Crippen LogP contribution in [-0.2, 0) is 4.79 Å². The van der Waals surface area contributed by atoms with E-state index in [0.717, 1.165) is 25.7 Å². The molecule has 68 valence electrons. The van der Waals surface area contributed by atoms with Crippen molar-refractivity contribution in [1.29, 1.82) is 0 Å². The number of carbonyl (C=O) groups is 1. The largest absolute Gasteiger partial charge is 0.481 e. The molecule has 1 aliphatic carbocycles. The van der Waals surface area contributed by atoms with E-state index in [4.69, 9.17) is 5.11 Å². The van der Waals surface area contributed by atoms with Gasteiger partial charge in [-0.05, 0) is 25.7 Å². The number of carboxylic acid groups (broad SMARTS) is 1. The zero-order valence-corrected chi connectivity index (χ0v) is 7.55. The average Bonchev–Trinajstić information content (AvgIpc) is 2.06. The zero-order chi connectivity index (χ0) is 8.97. The van der Waals surface area contributed by atoms with E-state index in [-0.39, 0.29) is 5.92 Å². The molecule has 0 aromatic rings. The lowest BCUT2D eigenvalue weighted by Gasteiger charge is -2.17. The molecule has 0 amide bonds. The monoisotopic (exact) mass is 168 g/mol. The molecular weight excluding hydrogens is 152 g/mol. The molecule has 1 aliphatic rings. The Morgan fingerprint density at radius 1 is 1.75 bits per heavy atom. The van der Waals surface area contributed by atoms with Crippen molar-refractivity contribution in [3.8, 4) is 0 Å². The lowest BCUT2D eigenvalue weighted by molar-refractivity contribution is -0.141. The summed E-state index contributed by atoms with van der Waals surface area (Å²) < 4.78 is 0. The molecule has 0 saturated carbocycles. The first-order valence-corrected chi connectivity index (χ1v) is 4.64. The maximum absolute atomic E-state index is 10.6. The molecule has 1 rings (SSSR count). The maximum atomic E-state index is 10.6. The van der Waals surface area contributed by atoms with Crippen LogP contribution < -0.4 is 0 Å². The van der Waals surface area contributed by atoms with Gasteiger partial charge in [0, 0.05) is 0 Å². The molecule has 1 atom stereocenters. The molecule has 0 aromatic heterocycles. The van der Waals surface area contributed by atoms with Crippen molar-refractivity contribution >= 4 is 5.97 Å². The smallest absolute Gasteiger partial charge is 0.306 e. The van der Waals surface area contributed by atoms with Gasteiger partial charge in [-0.3, -0.25) is 4.79 Å². The minimum atomic E-state index is -0.637. The van der Waals surface area contributed by atoms with E-state index in [1.165, 1.54) is 12.0 Å². The van der Waals surface area contributed by atoms with E-state index in [0.29, 0.717) is 0 Å². The Balaban J connectivity index is 2.42. The number of rotatable bonds is 3. The van der Waals surface area contributed by atoms with Gasteiger partial charge in [0.1, 0.15) is 0 Å². The average molecular weight is 168 g/mol. The highest BCUT2D eigenvalue weighted by Gasteiger charge is 2.19. The van der Waals surface area contributed by atoms with Crippen molar-refractivity contribution in [3.63, 3.8) is 0 Å². The van der Waals surface area contributed by atoms with Gasteiger partial charge in [0.15, 0.2) is 0 Å². The normalized spacial score (nSPS) is 23.4. The predicted molar refractivity (Wildman–Crippen MR) is 48.0 cm³/mol. The molecule has 0 radical (unpaired) electrons. The molecule has 1 N–H and O–H groups in total. The van der Waals surface area contributed by atoms with E-state index in [1.54, 1.807) is 0 Å². The zero-order valence-electron chi connectivity index (χ0n) is 7.55. The topological polar surface area (TPSA) is 37.3 Å². The second-order valence-electron chi connectivity index (χ2n) is 3.42. The van der Waals surface area contributed by atoms with Crippen LogP contribution in [0.4, 0.5) is 0 Å². The first-order valence-electron chi connectivity index (χ1n) is 4.64. The van der Waals surface area contributed by atoms with Gasteiger partial charge >= 0.3 is 5.97 Å². The highest BCUT2D eigenvalue weighted by molar-refractivity contribution is 5.70. The molecule has 0 fully saturated rings. The molecule has 0 spiro atoms. The van der Waals surface area contributed by atoms with Crippen molar-refractivity contribution in [2.45, 2.75) is 39.0 Å². The van der Waals surface area contributed by atoms with Gasteiger partial charge in [-0.25, -0.2) is 0 Å². The Hall–Kier alpha value is -0.790. The van der Waals surface area contributed by atoms with Crippen molar-refractivity contribution in [2.24, 2.45) is 5.92 Å². The minimum Gasteiger partial charge on any atom is -0.481 e. The van der Waals surface area contributed by atoms with Crippen molar-refractivity contribution in [1.82, 2.24) is 0 Å². The maximum Gasteiger partial charge on any atom is 0.306 e. The van der Waals surface area contributed by atoms with E-state index in [2.05, 4.69) is 13.0 Å². The standard InChI is InChI=1S/C10H16O2/c1-2-3-8-4-6-9(7-5-8)10(11)12/h4,9H,2-3,5-7H2,1H3,(H,11,12). The van der Waals surface area contributed by atoms with Gasteiger partial charge < -0.3 is 5.11 Å². The van der Waals surface area contributed by atoms with Crippen molar-refractivity contribution < 1.29 is 9.90 Å². The molecular formula is C10H16O2. The van der Waals surface area contributed by atoms with Crippen LogP contribution in [0, 0.1) is 5.92 Å². The molecule has 0 aliphatic heterocycles. The van der Waals surface area contributed by atoms with Crippen LogP contribution in [0.1, 0.15) is 39.0 Å². The molecule has 0 heterocycles. The lowest BCUT2D eigenvalue weighted by atomic mass is 9.88. The molecule has 2 heteroatoms. The fourth-order valence-corrected chi connectivity index (χ4v) is 1.66. The van der Waals surface area contributed by atoms with Crippen LogP contribution in [0.25, 0.3) is 0 Å². The summed E-state index contributed by atoms with van der Waals surface area (Å²) in [5, 5.41) is 8.73. The Morgan fingerprint density at radius 2 is 2.50 bits per heavy atom. The number of hydrogen-bond donors (Lipinski definition) is 1. The van der Waals surface area contributed by atoms with Gasteiger partial charge in [0.05, 0.1) is 5.92 Å². The first-order chi connectivity index (χ1) is 5.74. The number of allylic oxidation sites excluding steroid dienone is 2. The summed E-state index contributed by atoms with van der Waals surface area (Å²) in [5.41, 5.74) is 1.45. The third kappa shape index (κ3) is 2.36. The van der Waals surface area contributed by atoms with Gasteiger partial charge in [-0.15, -0.1) is 0 Å². The molecule has 0 saturated heterocycles. The van der Waals surface area contributed by atoms with Gasteiger partial charge in [-0.1, -0.05) is 25.0 Å². The predicted octanol–water partition coefficient (Wildman–Crippen LogP) is 2.60. The van der Waals surface area contributed by atoms with Gasteiger partial charge in [0.2, 0.25) is 0 Å². The lowest BCUT2D eigenvalue weighted by Crippen LogP contribution is -2.15. The summed E-state index contributed by atoms with van der Waals surface area (Å²) in [6.07, 6.45) is 7.00. The Labute approximate surface area is 73.3 Å². The second-order valence-corrected chi connectivity index (χ2v) is 3.42. The van der Waals surface area contributed by atoms with E-state index < -0.39 is 5.97 Å². The van der Waals surface area contributed by atoms with E-state index in [9.17, 15) is 4.79 Å². The highest BCUT2D eigenvalue weighted by atomic mass is 16.4. The number of carboxylic acids is 1. The highest BCUT2D eigenvalue weighted by Crippen LogP contribution is 2.25. The Bertz CT molecular complexity index is 194. The summed E-state index contributed by atoms with van der Waals surface area (Å²) in [7, 11) is 0. The van der Waals surface area contributed by atoms with E-state index in [1.807, 2.05) is 0 Å². The minimum absolute atomic E-state index is 0.120. The van der Waals surface area contributed by atoms with Crippen molar-refractivity contribution in [2.75, 3.05) is 0 Å². The summed E-state index contributed by atoms with van der Waals surface area (Å²) in [6.45, 7) is 2.16. The second kappa shape index (κ2) is 4.29. The fraction of sp³-hybridized carbons (Fsp3) is 0.700. The van der Waals surface area contributed by atoms with Crippen LogP contribution >= 0.6 is 0 Å². The third-order valence-electron chi connectivity index (χ3n) is 2.43. The Kier molecular flexibility index (Phi) is 3.32. The summed E-state index contributed by atoms with van der Waals surface area (Å²) in [6, 6.07) is 0. The summed E-state index contributed by atoms with van der Waals surface area (Å²) in [5.74, 6) is -0.757. The molecule has 0 aromatic carbocycles. The molecule has 0 bridgehead atoms. The van der Waals surface area contributed by atoms with Crippen LogP contribution in [0.15, 0.2) is 11.6 Å². The van der Waals surface area contributed by atoms with Crippen LogP contribution in [0.5, 0.6) is 0 Å². The quantitative estimate of drug-likeness (QED) is 0.658. The van der Waals surface area contributed by atoms with Crippen molar-refractivity contribution in [3.05, 3.63) is 11.6 Å². The van der Waals surface area contributed by atoms with Gasteiger partial charge in [0.25, 0.3) is 0 Å². The molecule has 2 nitrogen and oxygen atoms in total. The van der Waals surface area contributed by atoms with Crippen LogP contribution in [0.3, 0.4) is 0 Å². The molecule has 12 heavy (non-hydrogen) atoms. The van der Waals surface area contributed by atoms with Crippen LogP contribution in [0.2, 0.25) is 0 Å². The molecule has 1 unspecified atom stereocenters. The third-order valence-corrected chi connectivity index (χ3v) is 2.43. The number of aliphatic carboxylic acids is 1. The Morgan fingerprint density at radius 3 is 2.92 bits per heavy atom. The fourth-order valence-electron chi connectivity index (χ4n) is 1.66.